The van der Waals surface area contributed by atoms with Crippen LogP contribution in [0.4, 0.5) is 5.88 Å². The SMILES string of the molecule is CCOC(=O)C1=C(C)N=c2s/c(=C\c3ccc(N4CCOCC4)o3)c(=O)n2[C@H]1c1cccs1. The van der Waals surface area contributed by atoms with Crippen LogP contribution in [0.3, 0.4) is 0 Å². The highest BCUT2D eigenvalue weighted by Crippen LogP contribution is 2.33. The Bertz CT molecular complexity index is 1370. The predicted octanol–water partition coefficient (Wildman–Crippen LogP) is 2.29. The Morgan fingerprint density at radius 1 is 1.30 bits per heavy atom. The number of hydrogen-bond donors (Lipinski definition) is 0. The average molecular weight is 486 g/mol. The molecule has 3 aromatic heterocycles. The Balaban J connectivity index is 1.58. The number of morpholine rings is 1. The summed E-state index contributed by atoms with van der Waals surface area (Å²) in [7, 11) is 0. The van der Waals surface area contributed by atoms with Gasteiger partial charge in [0.15, 0.2) is 10.7 Å². The summed E-state index contributed by atoms with van der Waals surface area (Å²) in [6.45, 7) is 6.67. The second-order valence-electron chi connectivity index (χ2n) is 7.59. The van der Waals surface area contributed by atoms with Crippen LogP contribution in [0.1, 0.15) is 30.5 Å². The number of aromatic nitrogens is 1. The number of carbonyl (C=O) groups excluding carboxylic acids is 1. The molecule has 0 N–H and O–H groups in total. The second-order valence-corrected chi connectivity index (χ2v) is 9.58. The minimum atomic E-state index is -0.567. The van der Waals surface area contributed by atoms with Crippen molar-refractivity contribution in [3.63, 3.8) is 0 Å². The fourth-order valence-electron chi connectivity index (χ4n) is 4.01. The number of thiophene rings is 1. The fourth-order valence-corrected chi connectivity index (χ4v) is 5.86. The number of hydrogen-bond acceptors (Lipinski definition) is 9. The summed E-state index contributed by atoms with van der Waals surface area (Å²) in [6.07, 6.45) is 1.74. The number of esters is 1. The van der Waals surface area contributed by atoms with Gasteiger partial charge >= 0.3 is 5.97 Å². The summed E-state index contributed by atoms with van der Waals surface area (Å²) in [4.78, 5) is 34.4. The molecule has 0 bridgehead atoms. The minimum Gasteiger partial charge on any atom is -0.463 e. The average Bonchev–Trinajstić information content (AvgIpc) is 3.56. The normalized spacial score (nSPS) is 18.9. The van der Waals surface area contributed by atoms with E-state index >= 15 is 0 Å². The molecule has 2 aliphatic heterocycles. The standard InChI is InChI=1S/C23H23N3O5S2/c1-3-30-22(28)19-14(2)24-23-26(20(19)16-5-4-12-32-16)21(27)17(33-23)13-15-6-7-18(31-15)25-8-10-29-11-9-25/h4-7,12-13,20H,3,8-11H2,1-2H3/b17-13-/t20-/m0/s1. The Hall–Kier alpha value is -2.95. The third-order valence-corrected chi connectivity index (χ3v) is 7.45. The van der Waals surface area contributed by atoms with Crippen molar-refractivity contribution in [1.82, 2.24) is 4.57 Å². The molecule has 0 aromatic carbocycles. The smallest absolute Gasteiger partial charge is 0.338 e. The van der Waals surface area contributed by atoms with Crippen LogP contribution >= 0.6 is 22.7 Å². The van der Waals surface area contributed by atoms with E-state index in [4.69, 9.17) is 13.9 Å². The summed E-state index contributed by atoms with van der Waals surface area (Å²) >= 11 is 2.78. The van der Waals surface area contributed by atoms with Crippen LogP contribution in [0.5, 0.6) is 0 Å². The van der Waals surface area contributed by atoms with E-state index in [-0.39, 0.29) is 12.2 Å². The minimum absolute atomic E-state index is 0.212. The molecular weight excluding hydrogens is 462 g/mol. The molecule has 8 nitrogen and oxygen atoms in total. The van der Waals surface area contributed by atoms with Gasteiger partial charge in [-0.1, -0.05) is 17.4 Å². The summed E-state index contributed by atoms with van der Waals surface area (Å²) in [5.41, 5.74) is 0.744. The summed E-state index contributed by atoms with van der Waals surface area (Å²) in [5.74, 6) is 0.901. The van der Waals surface area contributed by atoms with Gasteiger partial charge in [0.2, 0.25) is 0 Å². The van der Waals surface area contributed by atoms with Crippen LogP contribution in [0.2, 0.25) is 0 Å². The molecule has 5 rings (SSSR count). The van der Waals surface area contributed by atoms with E-state index in [2.05, 4.69) is 9.89 Å². The highest BCUT2D eigenvalue weighted by atomic mass is 32.1. The van der Waals surface area contributed by atoms with Crippen molar-refractivity contribution in [2.24, 2.45) is 4.99 Å². The van der Waals surface area contributed by atoms with Crippen molar-refractivity contribution in [2.75, 3.05) is 37.8 Å². The van der Waals surface area contributed by atoms with E-state index in [0.29, 0.717) is 39.6 Å². The lowest BCUT2D eigenvalue weighted by molar-refractivity contribution is -0.139. The van der Waals surface area contributed by atoms with Gasteiger partial charge in [0.05, 0.1) is 35.6 Å². The Morgan fingerprint density at radius 2 is 2.12 bits per heavy atom. The van der Waals surface area contributed by atoms with E-state index in [1.54, 1.807) is 24.5 Å². The lowest BCUT2D eigenvalue weighted by Crippen LogP contribution is -2.39. The van der Waals surface area contributed by atoms with Crippen molar-refractivity contribution in [2.45, 2.75) is 19.9 Å². The quantitative estimate of drug-likeness (QED) is 0.516. The summed E-state index contributed by atoms with van der Waals surface area (Å²) < 4.78 is 18.8. The van der Waals surface area contributed by atoms with Gasteiger partial charge in [-0.15, -0.1) is 11.3 Å². The number of ether oxygens (including phenoxy) is 2. The van der Waals surface area contributed by atoms with Crippen molar-refractivity contribution in [3.05, 3.63) is 71.2 Å². The van der Waals surface area contributed by atoms with Crippen molar-refractivity contribution >= 4 is 40.6 Å². The zero-order valence-electron chi connectivity index (χ0n) is 18.3. The molecule has 10 heteroatoms. The highest BCUT2D eigenvalue weighted by molar-refractivity contribution is 7.10. The molecule has 0 saturated carbocycles. The first-order chi connectivity index (χ1) is 16.1. The fraction of sp³-hybridized carbons (Fsp3) is 0.348. The molecule has 0 aliphatic carbocycles. The third-order valence-electron chi connectivity index (χ3n) is 5.54. The largest absolute Gasteiger partial charge is 0.463 e. The lowest BCUT2D eigenvalue weighted by Gasteiger charge is -2.26. The molecule has 1 atom stereocenters. The number of carbonyl (C=O) groups is 1. The number of nitrogens with zero attached hydrogens (tertiary/aromatic N) is 3. The molecule has 0 radical (unpaired) electrons. The van der Waals surface area contributed by atoms with Crippen molar-refractivity contribution < 1.29 is 18.7 Å². The van der Waals surface area contributed by atoms with Crippen molar-refractivity contribution in [3.8, 4) is 0 Å². The molecule has 172 valence electrons. The van der Waals surface area contributed by atoms with Crippen LogP contribution < -0.4 is 19.8 Å². The van der Waals surface area contributed by atoms with E-state index in [1.165, 1.54) is 22.7 Å². The van der Waals surface area contributed by atoms with E-state index < -0.39 is 12.0 Å². The topological polar surface area (TPSA) is 86.3 Å². The first-order valence-electron chi connectivity index (χ1n) is 10.7. The van der Waals surface area contributed by atoms with Crippen LogP contribution in [-0.4, -0.2) is 43.4 Å². The van der Waals surface area contributed by atoms with Crippen molar-refractivity contribution in [1.29, 1.82) is 0 Å². The maximum Gasteiger partial charge on any atom is 0.338 e. The maximum atomic E-state index is 13.5. The molecule has 0 amide bonds. The van der Waals surface area contributed by atoms with E-state index in [0.717, 1.165) is 23.9 Å². The van der Waals surface area contributed by atoms with Gasteiger partial charge in [0.1, 0.15) is 11.8 Å². The Morgan fingerprint density at radius 3 is 2.85 bits per heavy atom. The first kappa shape index (κ1) is 21.9. The molecule has 1 fully saturated rings. The van der Waals surface area contributed by atoms with Crippen LogP contribution in [0.15, 0.2) is 55.1 Å². The molecule has 1 saturated heterocycles. The summed E-state index contributed by atoms with van der Waals surface area (Å²) in [5, 5.41) is 1.93. The number of allylic oxidation sites excluding steroid dienone is 1. The number of anilines is 1. The maximum absolute atomic E-state index is 13.5. The monoisotopic (exact) mass is 485 g/mol. The van der Waals surface area contributed by atoms with E-state index in [1.807, 2.05) is 29.6 Å². The van der Waals surface area contributed by atoms with E-state index in [9.17, 15) is 9.59 Å². The first-order valence-corrected chi connectivity index (χ1v) is 12.4. The number of thiazole rings is 1. The number of fused-ring (bicyclic) bond motifs is 1. The molecule has 2 aliphatic rings. The van der Waals surface area contributed by atoms with Gasteiger partial charge in [0.25, 0.3) is 5.56 Å². The van der Waals surface area contributed by atoms with Gasteiger partial charge < -0.3 is 18.8 Å². The third kappa shape index (κ3) is 4.09. The predicted molar refractivity (Wildman–Crippen MR) is 126 cm³/mol. The van der Waals surface area contributed by atoms with Gasteiger partial charge in [0, 0.05) is 30.1 Å². The van der Waals surface area contributed by atoms with Gasteiger partial charge in [-0.05, 0) is 31.4 Å². The molecule has 33 heavy (non-hydrogen) atoms. The molecular formula is C23H23N3O5S2. The van der Waals surface area contributed by atoms with Crippen LogP contribution in [0.25, 0.3) is 6.08 Å². The van der Waals surface area contributed by atoms with Crippen LogP contribution in [0, 0.1) is 0 Å². The second kappa shape index (κ2) is 9.12. The molecule has 3 aromatic rings. The Labute approximate surface area is 197 Å². The molecule has 0 spiro atoms. The number of furan rings is 1. The van der Waals surface area contributed by atoms with Gasteiger partial charge in [-0.25, -0.2) is 9.79 Å². The highest BCUT2D eigenvalue weighted by Gasteiger charge is 2.33. The van der Waals surface area contributed by atoms with Gasteiger partial charge in [-0.2, -0.15) is 0 Å². The molecule has 5 heterocycles. The van der Waals surface area contributed by atoms with Gasteiger partial charge in [-0.3, -0.25) is 9.36 Å². The zero-order chi connectivity index (χ0) is 22.9. The number of rotatable bonds is 5. The van der Waals surface area contributed by atoms with Crippen LogP contribution in [-0.2, 0) is 14.3 Å². The summed E-state index contributed by atoms with van der Waals surface area (Å²) in [6, 6.07) is 7.03. The molecule has 0 unspecified atom stereocenters. The lowest BCUT2D eigenvalue weighted by atomic mass is 10.0. The Kier molecular flexibility index (Phi) is 6.05. The zero-order valence-corrected chi connectivity index (χ0v) is 19.9.